The third kappa shape index (κ3) is 1.44. The van der Waals surface area contributed by atoms with Crippen molar-refractivity contribution in [2.75, 3.05) is 13.2 Å². The second-order valence-corrected chi connectivity index (χ2v) is 3.59. The van der Waals surface area contributed by atoms with Gasteiger partial charge < -0.3 is 9.53 Å². The predicted octanol–water partition coefficient (Wildman–Crippen LogP) is 1.68. The third-order valence-corrected chi connectivity index (χ3v) is 2.68. The van der Waals surface area contributed by atoms with Gasteiger partial charge in [0.1, 0.15) is 12.1 Å². The van der Waals surface area contributed by atoms with Gasteiger partial charge in [0, 0.05) is 6.61 Å². The Bertz CT molecular complexity index is 343. The number of ether oxygens (including phenoxy) is 1. The van der Waals surface area contributed by atoms with Crippen LogP contribution in [0.5, 0.6) is 0 Å². The lowest BCUT2D eigenvalue weighted by molar-refractivity contribution is -0.112. The molecule has 0 bridgehead atoms. The SMILES string of the molecule is O=C[C@@]1(c2cccc(F)c2)CCOC1. The van der Waals surface area contributed by atoms with Gasteiger partial charge in [-0.1, -0.05) is 12.1 Å². The molecule has 1 fully saturated rings. The van der Waals surface area contributed by atoms with Crippen LogP contribution in [0.2, 0.25) is 0 Å². The molecule has 0 N–H and O–H groups in total. The van der Waals surface area contributed by atoms with Crippen LogP contribution in [0.15, 0.2) is 24.3 Å². The Kier molecular flexibility index (Phi) is 2.33. The van der Waals surface area contributed by atoms with Crippen molar-refractivity contribution in [2.24, 2.45) is 0 Å². The molecule has 1 atom stereocenters. The van der Waals surface area contributed by atoms with Crippen LogP contribution in [-0.2, 0) is 14.9 Å². The fourth-order valence-electron chi connectivity index (χ4n) is 1.77. The number of aldehydes is 1. The summed E-state index contributed by atoms with van der Waals surface area (Å²) >= 11 is 0. The smallest absolute Gasteiger partial charge is 0.132 e. The second kappa shape index (κ2) is 3.50. The van der Waals surface area contributed by atoms with E-state index in [2.05, 4.69) is 0 Å². The Morgan fingerprint density at radius 2 is 2.36 bits per heavy atom. The van der Waals surface area contributed by atoms with Crippen molar-refractivity contribution in [1.29, 1.82) is 0 Å². The van der Waals surface area contributed by atoms with E-state index in [1.54, 1.807) is 12.1 Å². The van der Waals surface area contributed by atoms with Gasteiger partial charge in [0.25, 0.3) is 0 Å². The highest BCUT2D eigenvalue weighted by molar-refractivity contribution is 5.69. The summed E-state index contributed by atoms with van der Waals surface area (Å²) in [6, 6.07) is 6.17. The first-order valence-electron chi connectivity index (χ1n) is 4.57. The fraction of sp³-hybridized carbons (Fsp3) is 0.364. The molecule has 0 aromatic heterocycles. The molecule has 1 aliphatic heterocycles. The zero-order valence-corrected chi connectivity index (χ0v) is 7.70. The van der Waals surface area contributed by atoms with Gasteiger partial charge in [0.05, 0.1) is 12.0 Å². The summed E-state index contributed by atoms with van der Waals surface area (Å²) in [4.78, 5) is 11.0. The molecule has 0 radical (unpaired) electrons. The average Bonchev–Trinajstić information content (AvgIpc) is 2.67. The summed E-state index contributed by atoms with van der Waals surface area (Å²) in [6.45, 7) is 0.926. The first-order valence-corrected chi connectivity index (χ1v) is 4.57. The lowest BCUT2D eigenvalue weighted by atomic mass is 9.81. The van der Waals surface area contributed by atoms with Crippen LogP contribution in [0.4, 0.5) is 4.39 Å². The highest BCUT2D eigenvalue weighted by Crippen LogP contribution is 2.31. The fourth-order valence-corrected chi connectivity index (χ4v) is 1.77. The topological polar surface area (TPSA) is 26.3 Å². The maximum absolute atomic E-state index is 13.0. The summed E-state index contributed by atoms with van der Waals surface area (Å²) < 4.78 is 18.2. The summed E-state index contributed by atoms with van der Waals surface area (Å²) in [5.41, 5.74) is 0.0900. The van der Waals surface area contributed by atoms with E-state index in [9.17, 15) is 9.18 Å². The molecular weight excluding hydrogens is 183 g/mol. The van der Waals surface area contributed by atoms with E-state index in [4.69, 9.17) is 4.74 Å². The molecule has 3 heteroatoms. The van der Waals surface area contributed by atoms with Crippen LogP contribution in [0, 0.1) is 5.82 Å². The minimum Gasteiger partial charge on any atom is -0.380 e. The third-order valence-electron chi connectivity index (χ3n) is 2.68. The maximum Gasteiger partial charge on any atom is 0.132 e. The highest BCUT2D eigenvalue weighted by Gasteiger charge is 2.36. The zero-order chi connectivity index (χ0) is 10.0. The molecule has 2 nitrogen and oxygen atoms in total. The predicted molar refractivity (Wildman–Crippen MR) is 49.6 cm³/mol. The summed E-state index contributed by atoms with van der Waals surface area (Å²) in [5, 5.41) is 0. The highest BCUT2D eigenvalue weighted by atomic mass is 19.1. The molecule has 1 heterocycles. The maximum atomic E-state index is 13.0. The van der Waals surface area contributed by atoms with Crippen molar-refractivity contribution in [3.63, 3.8) is 0 Å². The monoisotopic (exact) mass is 194 g/mol. The Labute approximate surface area is 81.7 Å². The van der Waals surface area contributed by atoms with E-state index in [0.29, 0.717) is 25.2 Å². The van der Waals surface area contributed by atoms with Crippen LogP contribution >= 0.6 is 0 Å². The van der Waals surface area contributed by atoms with Crippen LogP contribution in [0.1, 0.15) is 12.0 Å². The van der Waals surface area contributed by atoms with E-state index in [0.717, 1.165) is 6.29 Å². The minimum absolute atomic E-state index is 0.310. The number of hydrogen-bond acceptors (Lipinski definition) is 2. The number of benzene rings is 1. The minimum atomic E-state index is -0.623. The van der Waals surface area contributed by atoms with Crippen molar-refractivity contribution < 1.29 is 13.9 Å². The second-order valence-electron chi connectivity index (χ2n) is 3.59. The molecule has 0 amide bonds. The molecule has 74 valence electrons. The van der Waals surface area contributed by atoms with Crippen molar-refractivity contribution in [2.45, 2.75) is 11.8 Å². The van der Waals surface area contributed by atoms with E-state index in [1.807, 2.05) is 0 Å². The van der Waals surface area contributed by atoms with Gasteiger partial charge in [-0.3, -0.25) is 0 Å². The quantitative estimate of drug-likeness (QED) is 0.669. The van der Waals surface area contributed by atoms with Gasteiger partial charge in [-0.15, -0.1) is 0 Å². The Morgan fingerprint density at radius 3 is 2.93 bits per heavy atom. The standard InChI is InChI=1S/C11H11FO2/c12-10-3-1-2-9(6-10)11(7-13)4-5-14-8-11/h1-3,6-7H,4-5,8H2/t11-/m0/s1. The number of hydrogen-bond donors (Lipinski definition) is 0. The lowest BCUT2D eigenvalue weighted by Gasteiger charge is -2.20. The van der Waals surface area contributed by atoms with E-state index < -0.39 is 5.41 Å². The number of carbonyl (C=O) groups is 1. The van der Waals surface area contributed by atoms with Gasteiger partial charge >= 0.3 is 0 Å². The van der Waals surface area contributed by atoms with Crippen LogP contribution in [0.25, 0.3) is 0 Å². The molecule has 0 spiro atoms. The zero-order valence-electron chi connectivity index (χ0n) is 7.70. The molecule has 0 saturated carbocycles. The summed E-state index contributed by atoms with van der Waals surface area (Å²) in [7, 11) is 0. The molecular formula is C11H11FO2. The lowest BCUT2D eigenvalue weighted by Crippen LogP contribution is -2.28. The number of rotatable bonds is 2. The Balaban J connectivity index is 2.40. The van der Waals surface area contributed by atoms with E-state index in [-0.39, 0.29) is 5.82 Å². The van der Waals surface area contributed by atoms with Gasteiger partial charge in [-0.25, -0.2) is 4.39 Å². The number of carbonyl (C=O) groups excluding carboxylic acids is 1. The first kappa shape index (κ1) is 9.34. The molecule has 14 heavy (non-hydrogen) atoms. The van der Waals surface area contributed by atoms with Gasteiger partial charge in [-0.2, -0.15) is 0 Å². The van der Waals surface area contributed by atoms with Crippen LogP contribution < -0.4 is 0 Å². The normalized spacial score (nSPS) is 26.4. The number of halogens is 1. The Hall–Kier alpha value is -1.22. The molecule has 1 saturated heterocycles. The van der Waals surface area contributed by atoms with Gasteiger partial charge in [0.15, 0.2) is 0 Å². The Morgan fingerprint density at radius 1 is 1.50 bits per heavy atom. The summed E-state index contributed by atoms with van der Waals surface area (Å²) in [6.07, 6.45) is 1.51. The van der Waals surface area contributed by atoms with E-state index >= 15 is 0 Å². The van der Waals surface area contributed by atoms with E-state index in [1.165, 1.54) is 12.1 Å². The largest absolute Gasteiger partial charge is 0.380 e. The van der Waals surface area contributed by atoms with Crippen molar-refractivity contribution in [3.8, 4) is 0 Å². The summed E-state index contributed by atoms with van der Waals surface area (Å²) in [5.74, 6) is -0.310. The van der Waals surface area contributed by atoms with Crippen LogP contribution in [-0.4, -0.2) is 19.5 Å². The molecule has 0 aliphatic carbocycles. The molecule has 1 aliphatic rings. The van der Waals surface area contributed by atoms with Gasteiger partial charge in [-0.05, 0) is 24.1 Å². The van der Waals surface area contributed by atoms with Crippen LogP contribution in [0.3, 0.4) is 0 Å². The first-order chi connectivity index (χ1) is 6.77. The molecule has 1 aromatic rings. The van der Waals surface area contributed by atoms with Gasteiger partial charge in [0.2, 0.25) is 0 Å². The average molecular weight is 194 g/mol. The van der Waals surface area contributed by atoms with Crippen molar-refractivity contribution in [1.82, 2.24) is 0 Å². The molecule has 1 aromatic carbocycles. The van der Waals surface area contributed by atoms with Crippen molar-refractivity contribution >= 4 is 6.29 Å². The van der Waals surface area contributed by atoms with Crippen molar-refractivity contribution in [3.05, 3.63) is 35.6 Å². The molecule has 2 rings (SSSR count). The molecule has 0 unspecified atom stereocenters.